The molecule has 20 heavy (non-hydrogen) atoms. The summed E-state index contributed by atoms with van der Waals surface area (Å²) in [7, 11) is 0. The monoisotopic (exact) mass is 301 g/mol. The van der Waals surface area contributed by atoms with Crippen LogP contribution < -0.4 is 5.32 Å². The minimum Gasteiger partial charge on any atom is -0.481 e. The fourth-order valence-corrected chi connectivity index (χ4v) is 1.94. The van der Waals surface area contributed by atoms with Gasteiger partial charge in [0.25, 0.3) is 5.91 Å². The normalized spacial score (nSPS) is 12.8. The number of benzene rings is 1. The van der Waals surface area contributed by atoms with Gasteiger partial charge in [-0.15, -0.1) is 0 Å². The lowest BCUT2D eigenvalue weighted by molar-refractivity contribution is -0.138. The van der Waals surface area contributed by atoms with Crippen molar-refractivity contribution in [2.45, 2.75) is 33.2 Å². The smallest absolute Gasteiger partial charge is 0.305 e. The summed E-state index contributed by atoms with van der Waals surface area (Å²) in [6, 6.07) is 3.29. The summed E-state index contributed by atoms with van der Waals surface area (Å²) in [4.78, 5) is 23.0. The highest BCUT2D eigenvalue weighted by Gasteiger charge is 2.30. The van der Waals surface area contributed by atoms with Gasteiger partial charge in [-0.2, -0.15) is 0 Å². The first-order chi connectivity index (χ1) is 9.12. The van der Waals surface area contributed by atoms with Gasteiger partial charge in [0.1, 0.15) is 5.82 Å². The highest BCUT2D eigenvalue weighted by Crippen LogP contribution is 2.24. The Bertz CT molecular complexity index is 505. The van der Waals surface area contributed by atoms with E-state index >= 15 is 0 Å². The van der Waals surface area contributed by atoms with E-state index in [1.54, 1.807) is 20.8 Å². The van der Waals surface area contributed by atoms with E-state index in [9.17, 15) is 14.0 Å². The summed E-state index contributed by atoms with van der Waals surface area (Å²) in [5.41, 5.74) is -0.750. The first kappa shape index (κ1) is 16.4. The minimum absolute atomic E-state index is 0.00881. The molecule has 0 heterocycles. The van der Waals surface area contributed by atoms with Crippen LogP contribution in [0.15, 0.2) is 18.2 Å². The van der Waals surface area contributed by atoms with E-state index < -0.39 is 29.2 Å². The first-order valence-corrected chi connectivity index (χ1v) is 6.47. The molecule has 0 aliphatic heterocycles. The molecule has 0 saturated heterocycles. The van der Waals surface area contributed by atoms with Crippen LogP contribution in [0.4, 0.5) is 4.39 Å². The van der Waals surface area contributed by atoms with Gasteiger partial charge in [0.05, 0.1) is 17.0 Å². The van der Waals surface area contributed by atoms with Crippen LogP contribution in [0.5, 0.6) is 0 Å². The summed E-state index contributed by atoms with van der Waals surface area (Å²) in [6.45, 7) is 5.39. The summed E-state index contributed by atoms with van der Waals surface area (Å²) in [5.74, 6) is -2.49. The lowest BCUT2D eigenvalue weighted by Gasteiger charge is -2.30. The quantitative estimate of drug-likeness (QED) is 0.898. The van der Waals surface area contributed by atoms with Gasteiger partial charge >= 0.3 is 5.97 Å². The molecule has 1 unspecified atom stereocenters. The molecule has 0 radical (unpaired) electrons. The summed E-state index contributed by atoms with van der Waals surface area (Å²) in [6.07, 6.45) is -0.249. The van der Waals surface area contributed by atoms with Crippen molar-refractivity contribution < 1.29 is 19.1 Å². The zero-order chi connectivity index (χ0) is 15.5. The Morgan fingerprint density at radius 1 is 1.40 bits per heavy atom. The van der Waals surface area contributed by atoms with Gasteiger partial charge in [-0.3, -0.25) is 9.59 Å². The first-order valence-electron chi connectivity index (χ1n) is 6.09. The van der Waals surface area contributed by atoms with Gasteiger partial charge in [-0.25, -0.2) is 4.39 Å². The summed E-state index contributed by atoms with van der Waals surface area (Å²) in [5, 5.41) is 11.4. The summed E-state index contributed by atoms with van der Waals surface area (Å²) < 4.78 is 13.6. The molecule has 0 aliphatic rings. The number of rotatable bonds is 4. The maximum absolute atomic E-state index is 13.6. The molecule has 6 heteroatoms. The van der Waals surface area contributed by atoms with Gasteiger partial charge in [0, 0.05) is 6.04 Å². The maximum atomic E-state index is 13.6. The van der Waals surface area contributed by atoms with Crippen LogP contribution >= 0.6 is 11.6 Å². The molecule has 1 rings (SSSR count). The molecule has 110 valence electrons. The van der Waals surface area contributed by atoms with Crippen molar-refractivity contribution in [2.24, 2.45) is 5.41 Å². The molecular formula is C14H17ClFNO3. The molecule has 1 atom stereocenters. The predicted octanol–water partition coefficient (Wildman–Crippen LogP) is 3.10. The molecular weight excluding hydrogens is 285 g/mol. The van der Waals surface area contributed by atoms with Crippen molar-refractivity contribution in [3.8, 4) is 0 Å². The predicted molar refractivity (Wildman–Crippen MR) is 74.4 cm³/mol. The number of hydrogen-bond donors (Lipinski definition) is 2. The van der Waals surface area contributed by atoms with E-state index in [1.807, 2.05) is 0 Å². The van der Waals surface area contributed by atoms with Crippen molar-refractivity contribution in [1.29, 1.82) is 0 Å². The molecule has 0 aromatic heterocycles. The maximum Gasteiger partial charge on any atom is 0.305 e. The average molecular weight is 302 g/mol. The van der Waals surface area contributed by atoms with Crippen LogP contribution in [0.25, 0.3) is 0 Å². The number of hydrogen-bond acceptors (Lipinski definition) is 2. The van der Waals surface area contributed by atoms with E-state index in [-0.39, 0.29) is 17.0 Å². The zero-order valence-electron chi connectivity index (χ0n) is 11.5. The van der Waals surface area contributed by atoms with Crippen molar-refractivity contribution in [2.75, 3.05) is 0 Å². The standard InChI is InChI=1S/C14H17ClFNO3/c1-14(2,3)10(7-11(18)19)17-13(20)12-8(15)5-4-6-9(12)16/h4-6,10H,7H2,1-3H3,(H,17,20)(H,18,19). The molecule has 4 nitrogen and oxygen atoms in total. The Morgan fingerprint density at radius 3 is 2.45 bits per heavy atom. The van der Waals surface area contributed by atoms with Gasteiger partial charge in [0.15, 0.2) is 0 Å². The Balaban J connectivity index is 3.00. The Labute approximate surface area is 121 Å². The topological polar surface area (TPSA) is 66.4 Å². The summed E-state index contributed by atoms with van der Waals surface area (Å²) >= 11 is 5.81. The third-order valence-corrected chi connectivity index (χ3v) is 3.23. The number of aliphatic carboxylic acids is 1. The highest BCUT2D eigenvalue weighted by atomic mass is 35.5. The molecule has 2 N–H and O–H groups in total. The minimum atomic E-state index is -1.04. The van der Waals surface area contributed by atoms with E-state index in [0.717, 1.165) is 6.07 Å². The molecule has 0 fully saturated rings. The van der Waals surface area contributed by atoms with Crippen molar-refractivity contribution in [3.63, 3.8) is 0 Å². The van der Waals surface area contributed by atoms with Gasteiger partial charge in [0.2, 0.25) is 0 Å². The SMILES string of the molecule is CC(C)(C)C(CC(=O)O)NC(=O)c1c(F)cccc1Cl. The average Bonchev–Trinajstić information content (AvgIpc) is 2.25. The number of carbonyl (C=O) groups excluding carboxylic acids is 1. The van der Waals surface area contributed by atoms with Gasteiger partial charge < -0.3 is 10.4 Å². The zero-order valence-corrected chi connectivity index (χ0v) is 12.3. The Hall–Kier alpha value is -1.62. The molecule has 0 aliphatic carbocycles. The van der Waals surface area contributed by atoms with E-state index in [0.29, 0.717) is 0 Å². The van der Waals surface area contributed by atoms with E-state index in [2.05, 4.69) is 5.32 Å². The lowest BCUT2D eigenvalue weighted by Crippen LogP contribution is -2.45. The number of amides is 1. The fourth-order valence-electron chi connectivity index (χ4n) is 1.69. The number of carboxylic acid groups (broad SMARTS) is 1. The van der Waals surface area contributed by atoms with Crippen LogP contribution in [-0.2, 0) is 4.79 Å². The molecule has 0 bridgehead atoms. The highest BCUT2D eigenvalue weighted by molar-refractivity contribution is 6.33. The third-order valence-electron chi connectivity index (χ3n) is 2.92. The van der Waals surface area contributed by atoms with E-state index in [1.165, 1.54) is 12.1 Å². The van der Waals surface area contributed by atoms with Crippen molar-refractivity contribution >= 4 is 23.5 Å². The molecule has 1 aromatic carbocycles. The second kappa shape index (κ2) is 6.22. The second-order valence-corrected chi connectivity index (χ2v) is 5.99. The molecule has 1 amide bonds. The largest absolute Gasteiger partial charge is 0.481 e. The van der Waals surface area contributed by atoms with Crippen LogP contribution in [-0.4, -0.2) is 23.0 Å². The van der Waals surface area contributed by atoms with Crippen LogP contribution in [0.2, 0.25) is 5.02 Å². The molecule has 0 spiro atoms. The number of carboxylic acids is 1. The number of carbonyl (C=O) groups is 2. The third kappa shape index (κ3) is 4.20. The van der Waals surface area contributed by atoms with Gasteiger partial charge in [-0.1, -0.05) is 38.4 Å². The van der Waals surface area contributed by atoms with Crippen LogP contribution in [0, 0.1) is 11.2 Å². The Kier molecular flexibility index (Phi) is 5.11. The van der Waals surface area contributed by atoms with Crippen LogP contribution in [0.3, 0.4) is 0 Å². The number of halogens is 2. The van der Waals surface area contributed by atoms with E-state index in [4.69, 9.17) is 16.7 Å². The van der Waals surface area contributed by atoms with Crippen molar-refractivity contribution in [3.05, 3.63) is 34.6 Å². The van der Waals surface area contributed by atoms with Crippen LogP contribution in [0.1, 0.15) is 37.6 Å². The second-order valence-electron chi connectivity index (χ2n) is 5.59. The van der Waals surface area contributed by atoms with Gasteiger partial charge in [-0.05, 0) is 17.5 Å². The molecule has 1 aromatic rings. The number of nitrogens with one attached hydrogen (secondary N) is 1. The molecule has 0 saturated carbocycles. The lowest BCUT2D eigenvalue weighted by atomic mass is 9.84. The fraction of sp³-hybridized carbons (Fsp3) is 0.429. The Morgan fingerprint density at radius 2 is 2.00 bits per heavy atom. The van der Waals surface area contributed by atoms with Crippen molar-refractivity contribution in [1.82, 2.24) is 5.32 Å².